The van der Waals surface area contributed by atoms with Crippen LogP contribution in [0.4, 0.5) is 0 Å². The minimum Gasteiger partial charge on any atom is -0.491 e. The third-order valence-electron chi connectivity index (χ3n) is 2.20. The van der Waals surface area contributed by atoms with Crippen molar-refractivity contribution in [3.05, 3.63) is 28.2 Å². The lowest BCUT2D eigenvalue weighted by molar-refractivity contribution is 0.0696. The van der Waals surface area contributed by atoms with Crippen molar-refractivity contribution in [3.63, 3.8) is 0 Å². The van der Waals surface area contributed by atoms with Crippen LogP contribution in [0.15, 0.2) is 22.7 Å². The molecule has 0 amide bonds. The molecule has 88 valence electrons. The molecule has 0 aliphatic rings. The smallest absolute Gasteiger partial charge is 0.336 e. The molecule has 1 N–H and O–H groups in total. The van der Waals surface area contributed by atoms with Crippen LogP contribution in [-0.4, -0.2) is 17.2 Å². The summed E-state index contributed by atoms with van der Waals surface area (Å²) in [6.45, 7) is 4.10. The van der Waals surface area contributed by atoms with E-state index in [1.165, 1.54) is 0 Å². The topological polar surface area (TPSA) is 46.5 Å². The van der Waals surface area contributed by atoms with Crippen LogP contribution in [0.3, 0.4) is 0 Å². The van der Waals surface area contributed by atoms with Crippen molar-refractivity contribution >= 4 is 21.9 Å². The summed E-state index contributed by atoms with van der Waals surface area (Å²) in [5.41, 5.74) is 0.246. The van der Waals surface area contributed by atoms with E-state index in [1.54, 1.807) is 18.2 Å². The van der Waals surface area contributed by atoms with Crippen LogP contribution in [0.5, 0.6) is 5.75 Å². The number of halogens is 1. The molecular weight excluding hydrogens is 272 g/mol. The summed E-state index contributed by atoms with van der Waals surface area (Å²) >= 11 is 3.22. The highest BCUT2D eigenvalue weighted by Crippen LogP contribution is 2.24. The van der Waals surface area contributed by atoms with Gasteiger partial charge in [0.05, 0.1) is 11.7 Å². The molecule has 0 aliphatic heterocycles. The molecule has 0 radical (unpaired) electrons. The maximum atomic E-state index is 10.8. The van der Waals surface area contributed by atoms with Crippen LogP contribution in [0.2, 0.25) is 0 Å². The van der Waals surface area contributed by atoms with Crippen LogP contribution in [0.25, 0.3) is 0 Å². The first kappa shape index (κ1) is 13.0. The van der Waals surface area contributed by atoms with Gasteiger partial charge < -0.3 is 9.84 Å². The number of carbonyl (C=O) groups is 1. The van der Waals surface area contributed by atoms with Gasteiger partial charge in [0, 0.05) is 4.47 Å². The average Bonchev–Trinajstić information content (AvgIpc) is 2.17. The Hall–Kier alpha value is -1.03. The fraction of sp³-hybridized carbons (Fsp3) is 0.417. The van der Waals surface area contributed by atoms with Crippen molar-refractivity contribution in [1.29, 1.82) is 0 Å². The molecule has 0 spiro atoms. The van der Waals surface area contributed by atoms with Crippen molar-refractivity contribution in [3.8, 4) is 5.75 Å². The van der Waals surface area contributed by atoms with E-state index in [0.717, 1.165) is 12.8 Å². The minimum absolute atomic E-state index is 0.146. The summed E-state index contributed by atoms with van der Waals surface area (Å²) in [5, 5.41) is 8.85. The number of ether oxygens (including phenoxy) is 1. The zero-order valence-electron chi connectivity index (χ0n) is 9.37. The van der Waals surface area contributed by atoms with Gasteiger partial charge in [-0.15, -0.1) is 0 Å². The first-order valence-electron chi connectivity index (χ1n) is 5.24. The monoisotopic (exact) mass is 286 g/mol. The molecular formula is C12H15BrO3. The van der Waals surface area contributed by atoms with Crippen molar-refractivity contribution in [1.82, 2.24) is 0 Å². The Kier molecular flexibility index (Phi) is 4.80. The molecule has 4 heteroatoms. The summed E-state index contributed by atoms with van der Waals surface area (Å²) in [6, 6.07) is 4.91. The number of aromatic carboxylic acids is 1. The molecule has 1 atom stereocenters. The fourth-order valence-electron chi connectivity index (χ4n) is 1.44. The van der Waals surface area contributed by atoms with Crippen molar-refractivity contribution in [2.45, 2.75) is 32.8 Å². The second kappa shape index (κ2) is 5.89. The fourth-order valence-corrected chi connectivity index (χ4v) is 1.97. The van der Waals surface area contributed by atoms with Gasteiger partial charge >= 0.3 is 5.97 Å². The first-order valence-corrected chi connectivity index (χ1v) is 6.03. The van der Waals surface area contributed by atoms with E-state index >= 15 is 0 Å². The molecule has 0 saturated carbocycles. The summed E-state index contributed by atoms with van der Waals surface area (Å²) in [4.78, 5) is 10.8. The molecule has 1 aromatic rings. The van der Waals surface area contributed by atoms with Crippen LogP contribution in [0.1, 0.15) is 37.0 Å². The predicted octanol–water partition coefficient (Wildman–Crippen LogP) is 3.71. The van der Waals surface area contributed by atoms with Crippen molar-refractivity contribution in [2.24, 2.45) is 0 Å². The standard InChI is InChI=1S/C12H15BrO3/c1-3-4-8(2)16-9-5-6-10(12(14)15)11(13)7-9/h5-8H,3-4H2,1-2H3,(H,14,15). The summed E-state index contributed by atoms with van der Waals surface area (Å²) in [6.07, 6.45) is 2.20. The van der Waals surface area contributed by atoms with E-state index in [0.29, 0.717) is 10.2 Å². The van der Waals surface area contributed by atoms with Crippen LogP contribution >= 0.6 is 15.9 Å². The maximum absolute atomic E-state index is 10.8. The van der Waals surface area contributed by atoms with Gasteiger partial charge in [-0.3, -0.25) is 0 Å². The number of hydrogen-bond acceptors (Lipinski definition) is 2. The molecule has 0 bridgehead atoms. The van der Waals surface area contributed by atoms with Gasteiger partial charge in [0.25, 0.3) is 0 Å². The first-order chi connectivity index (χ1) is 7.54. The van der Waals surface area contributed by atoms with E-state index in [-0.39, 0.29) is 11.7 Å². The molecule has 1 rings (SSSR count). The molecule has 0 heterocycles. The number of rotatable bonds is 5. The number of carboxylic acids is 1. The maximum Gasteiger partial charge on any atom is 0.336 e. The van der Waals surface area contributed by atoms with Crippen molar-refractivity contribution in [2.75, 3.05) is 0 Å². The summed E-state index contributed by atoms with van der Waals surface area (Å²) in [7, 11) is 0. The Bertz CT molecular complexity index is 377. The quantitative estimate of drug-likeness (QED) is 0.897. The molecule has 0 aromatic heterocycles. The second-order valence-corrected chi connectivity index (χ2v) is 4.52. The lowest BCUT2D eigenvalue weighted by Gasteiger charge is -2.14. The van der Waals surface area contributed by atoms with E-state index < -0.39 is 5.97 Å². The lowest BCUT2D eigenvalue weighted by atomic mass is 10.2. The van der Waals surface area contributed by atoms with E-state index in [4.69, 9.17) is 9.84 Å². The minimum atomic E-state index is -0.944. The Morgan fingerprint density at radius 2 is 2.25 bits per heavy atom. The lowest BCUT2D eigenvalue weighted by Crippen LogP contribution is -2.11. The van der Waals surface area contributed by atoms with Crippen LogP contribution < -0.4 is 4.74 Å². The van der Waals surface area contributed by atoms with Crippen molar-refractivity contribution < 1.29 is 14.6 Å². The number of hydrogen-bond donors (Lipinski definition) is 1. The van der Waals surface area contributed by atoms with Gasteiger partial charge in [0.1, 0.15) is 5.75 Å². The van der Waals surface area contributed by atoms with Gasteiger partial charge in [0.2, 0.25) is 0 Å². The molecule has 16 heavy (non-hydrogen) atoms. The molecule has 0 fully saturated rings. The zero-order valence-corrected chi connectivity index (χ0v) is 11.0. The number of carboxylic acid groups (broad SMARTS) is 1. The highest BCUT2D eigenvalue weighted by molar-refractivity contribution is 9.10. The van der Waals surface area contributed by atoms with E-state index in [1.807, 2.05) is 6.92 Å². The molecule has 1 unspecified atom stereocenters. The van der Waals surface area contributed by atoms with Gasteiger partial charge in [-0.25, -0.2) is 4.79 Å². The van der Waals surface area contributed by atoms with E-state index in [9.17, 15) is 4.79 Å². The molecule has 0 saturated heterocycles. The Balaban J connectivity index is 2.77. The van der Waals surface area contributed by atoms with Crippen LogP contribution in [0, 0.1) is 0 Å². The number of benzene rings is 1. The molecule has 0 aliphatic carbocycles. The highest BCUT2D eigenvalue weighted by Gasteiger charge is 2.10. The highest BCUT2D eigenvalue weighted by atomic mass is 79.9. The largest absolute Gasteiger partial charge is 0.491 e. The summed E-state index contributed by atoms with van der Waals surface area (Å²) in [5.74, 6) is -0.252. The molecule has 1 aromatic carbocycles. The predicted molar refractivity (Wildman–Crippen MR) is 66.1 cm³/mol. The molecule has 3 nitrogen and oxygen atoms in total. The normalized spacial score (nSPS) is 12.2. The zero-order chi connectivity index (χ0) is 12.1. The van der Waals surface area contributed by atoms with Gasteiger partial charge in [-0.05, 0) is 47.5 Å². The van der Waals surface area contributed by atoms with Gasteiger partial charge in [-0.2, -0.15) is 0 Å². The van der Waals surface area contributed by atoms with E-state index in [2.05, 4.69) is 22.9 Å². The second-order valence-electron chi connectivity index (χ2n) is 3.66. The van der Waals surface area contributed by atoms with Gasteiger partial charge in [-0.1, -0.05) is 13.3 Å². The third kappa shape index (κ3) is 3.52. The third-order valence-corrected chi connectivity index (χ3v) is 2.86. The Morgan fingerprint density at radius 3 is 2.75 bits per heavy atom. The van der Waals surface area contributed by atoms with Gasteiger partial charge in [0.15, 0.2) is 0 Å². The Morgan fingerprint density at radius 1 is 1.56 bits per heavy atom. The Labute approximate surface area is 104 Å². The average molecular weight is 287 g/mol. The summed E-state index contributed by atoms with van der Waals surface area (Å²) < 4.78 is 6.19. The SMILES string of the molecule is CCCC(C)Oc1ccc(C(=O)O)c(Br)c1. The van der Waals surface area contributed by atoms with Crippen LogP contribution in [-0.2, 0) is 0 Å².